The van der Waals surface area contributed by atoms with Gasteiger partial charge in [-0.1, -0.05) is 17.7 Å². The van der Waals surface area contributed by atoms with Gasteiger partial charge in [-0.15, -0.1) is 0 Å². The summed E-state index contributed by atoms with van der Waals surface area (Å²) in [7, 11) is 1.67. The molecule has 0 aliphatic rings. The smallest absolute Gasteiger partial charge is 0.239 e. The summed E-state index contributed by atoms with van der Waals surface area (Å²) in [5, 5.41) is 2.84. The molecule has 0 aliphatic carbocycles. The van der Waals surface area contributed by atoms with Gasteiger partial charge in [0.15, 0.2) is 0 Å². The minimum atomic E-state index is -0.818. The molecule has 4 nitrogen and oxygen atoms in total. The van der Waals surface area contributed by atoms with Crippen LogP contribution in [0.5, 0.6) is 5.75 Å². The van der Waals surface area contributed by atoms with Crippen LogP contribution in [0.25, 0.3) is 0 Å². The van der Waals surface area contributed by atoms with Gasteiger partial charge in [-0.2, -0.15) is 0 Å². The number of carbonyl (C=O) groups is 1. The van der Waals surface area contributed by atoms with E-state index >= 15 is 0 Å². The highest BCUT2D eigenvalue weighted by Gasteiger charge is 2.20. The monoisotopic (exact) mass is 264 g/mol. The van der Waals surface area contributed by atoms with Crippen LogP contribution in [-0.2, 0) is 11.2 Å². The van der Waals surface area contributed by atoms with E-state index in [-0.39, 0.29) is 5.91 Å². The first-order valence-corrected chi connectivity index (χ1v) is 6.55. The van der Waals surface area contributed by atoms with Gasteiger partial charge in [0.05, 0.1) is 12.6 Å². The zero-order valence-electron chi connectivity index (χ0n) is 12.2. The first-order chi connectivity index (χ1) is 8.84. The van der Waals surface area contributed by atoms with Crippen molar-refractivity contribution in [3.8, 4) is 5.75 Å². The summed E-state index contributed by atoms with van der Waals surface area (Å²) in [6.45, 7) is 6.08. The van der Waals surface area contributed by atoms with Crippen molar-refractivity contribution in [1.29, 1.82) is 0 Å². The van der Waals surface area contributed by atoms with Gasteiger partial charge in [0, 0.05) is 6.54 Å². The van der Waals surface area contributed by atoms with Crippen molar-refractivity contribution < 1.29 is 9.53 Å². The summed E-state index contributed by atoms with van der Waals surface area (Å²) >= 11 is 0. The molecular weight excluding hydrogens is 240 g/mol. The van der Waals surface area contributed by atoms with Crippen LogP contribution in [0.15, 0.2) is 18.2 Å². The van der Waals surface area contributed by atoms with E-state index in [1.165, 1.54) is 11.1 Å². The van der Waals surface area contributed by atoms with Crippen molar-refractivity contribution in [2.45, 2.75) is 39.2 Å². The molecule has 4 heteroatoms. The Balaban J connectivity index is 2.46. The maximum absolute atomic E-state index is 11.6. The van der Waals surface area contributed by atoms with Gasteiger partial charge >= 0.3 is 0 Å². The summed E-state index contributed by atoms with van der Waals surface area (Å²) in [6, 6.07) is 6.13. The van der Waals surface area contributed by atoms with E-state index < -0.39 is 5.54 Å². The molecule has 1 aromatic rings. The Morgan fingerprint density at radius 1 is 1.42 bits per heavy atom. The maximum Gasteiger partial charge on any atom is 0.239 e. The molecule has 0 spiro atoms. The van der Waals surface area contributed by atoms with Crippen molar-refractivity contribution in [3.05, 3.63) is 29.3 Å². The highest BCUT2D eigenvalue weighted by Crippen LogP contribution is 2.20. The number of aryl methyl sites for hydroxylation is 2. The highest BCUT2D eigenvalue weighted by atomic mass is 16.5. The van der Waals surface area contributed by atoms with Crippen LogP contribution in [0.3, 0.4) is 0 Å². The SMILES string of the molecule is COc1ccc(C)cc1CCCNC(=O)C(C)(C)N. The second-order valence-electron chi connectivity index (χ2n) is 5.40. The van der Waals surface area contributed by atoms with Crippen molar-refractivity contribution in [1.82, 2.24) is 5.32 Å². The van der Waals surface area contributed by atoms with E-state index in [1.807, 2.05) is 12.1 Å². The largest absolute Gasteiger partial charge is 0.496 e. The molecule has 0 fully saturated rings. The number of benzene rings is 1. The Bertz CT molecular complexity index is 436. The Morgan fingerprint density at radius 3 is 2.68 bits per heavy atom. The highest BCUT2D eigenvalue weighted by molar-refractivity contribution is 5.84. The molecule has 0 aromatic heterocycles. The predicted octanol–water partition coefficient (Wildman–Crippen LogP) is 1.79. The molecule has 0 atom stereocenters. The number of rotatable bonds is 6. The average molecular weight is 264 g/mol. The molecule has 0 bridgehead atoms. The van der Waals surface area contributed by atoms with Gasteiger partial charge in [0.2, 0.25) is 5.91 Å². The lowest BCUT2D eigenvalue weighted by molar-refractivity contribution is -0.125. The van der Waals surface area contributed by atoms with E-state index in [9.17, 15) is 4.79 Å². The molecular formula is C15H24N2O2. The molecule has 3 N–H and O–H groups in total. The fraction of sp³-hybridized carbons (Fsp3) is 0.533. The second kappa shape index (κ2) is 6.57. The molecule has 19 heavy (non-hydrogen) atoms. The van der Waals surface area contributed by atoms with Crippen molar-refractivity contribution in [2.24, 2.45) is 5.73 Å². The number of carbonyl (C=O) groups excluding carboxylic acids is 1. The molecule has 0 heterocycles. The Morgan fingerprint density at radius 2 is 2.11 bits per heavy atom. The van der Waals surface area contributed by atoms with Crippen molar-refractivity contribution in [2.75, 3.05) is 13.7 Å². The molecule has 0 radical (unpaired) electrons. The molecule has 1 amide bonds. The van der Waals surface area contributed by atoms with E-state index in [0.717, 1.165) is 18.6 Å². The van der Waals surface area contributed by atoms with Gasteiger partial charge in [0.1, 0.15) is 5.75 Å². The first kappa shape index (κ1) is 15.5. The lowest BCUT2D eigenvalue weighted by Gasteiger charge is -2.17. The Labute approximate surface area is 115 Å². The summed E-state index contributed by atoms with van der Waals surface area (Å²) < 4.78 is 5.33. The summed E-state index contributed by atoms with van der Waals surface area (Å²) in [5.41, 5.74) is 7.27. The zero-order valence-corrected chi connectivity index (χ0v) is 12.2. The summed E-state index contributed by atoms with van der Waals surface area (Å²) in [6.07, 6.45) is 1.73. The Hall–Kier alpha value is -1.55. The molecule has 0 aliphatic heterocycles. The quantitative estimate of drug-likeness (QED) is 0.770. The van der Waals surface area contributed by atoms with Crippen LogP contribution in [0.1, 0.15) is 31.4 Å². The number of ether oxygens (including phenoxy) is 1. The number of hydrogen-bond acceptors (Lipinski definition) is 3. The third-order valence-corrected chi connectivity index (χ3v) is 2.93. The van der Waals surface area contributed by atoms with Crippen LogP contribution in [-0.4, -0.2) is 25.1 Å². The minimum Gasteiger partial charge on any atom is -0.496 e. The van der Waals surface area contributed by atoms with E-state index in [4.69, 9.17) is 10.5 Å². The zero-order chi connectivity index (χ0) is 14.5. The molecule has 106 valence electrons. The first-order valence-electron chi connectivity index (χ1n) is 6.55. The lowest BCUT2D eigenvalue weighted by Crippen LogP contribution is -2.49. The van der Waals surface area contributed by atoms with E-state index in [2.05, 4.69) is 18.3 Å². The van der Waals surface area contributed by atoms with Crippen molar-refractivity contribution in [3.63, 3.8) is 0 Å². The fourth-order valence-corrected chi connectivity index (χ4v) is 1.81. The number of methoxy groups -OCH3 is 1. The molecule has 1 aromatic carbocycles. The number of nitrogens with one attached hydrogen (secondary N) is 1. The lowest BCUT2D eigenvalue weighted by atomic mass is 10.0. The maximum atomic E-state index is 11.6. The number of hydrogen-bond donors (Lipinski definition) is 2. The van der Waals surface area contributed by atoms with E-state index in [0.29, 0.717) is 6.54 Å². The fourth-order valence-electron chi connectivity index (χ4n) is 1.81. The topological polar surface area (TPSA) is 64.3 Å². The second-order valence-corrected chi connectivity index (χ2v) is 5.40. The van der Waals surface area contributed by atoms with Gasteiger partial charge < -0.3 is 15.8 Å². The number of nitrogens with two attached hydrogens (primary N) is 1. The minimum absolute atomic E-state index is 0.122. The average Bonchev–Trinajstić information content (AvgIpc) is 2.33. The van der Waals surface area contributed by atoms with E-state index in [1.54, 1.807) is 21.0 Å². The predicted molar refractivity (Wildman–Crippen MR) is 77.3 cm³/mol. The molecule has 1 rings (SSSR count). The standard InChI is InChI=1S/C15H24N2O2/c1-11-7-8-13(19-4)12(10-11)6-5-9-17-14(18)15(2,3)16/h7-8,10H,5-6,9,16H2,1-4H3,(H,17,18). The number of amides is 1. The van der Waals surface area contributed by atoms with Gasteiger partial charge in [-0.05, 0) is 45.2 Å². The van der Waals surface area contributed by atoms with Crippen LogP contribution in [0.2, 0.25) is 0 Å². The Kier molecular flexibility index (Phi) is 5.36. The van der Waals surface area contributed by atoms with Gasteiger partial charge in [-0.3, -0.25) is 4.79 Å². The molecule has 0 saturated heterocycles. The third kappa shape index (κ3) is 4.91. The molecule has 0 unspecified atom stereocenters. The molecule has 0 saturated carbocycles. The summed E-state index contributed by atoms with van der Waals surface area (Å²) in [5.74, 6) is 0.778. The van der Waals surface area contributed by atoms with Crippen LogP contribution >= 0.6 is 0 Å². The summed E-state index contributed by atoms with van der Waals surface area (Å²) in [4.78, 5) is 11.6. The van der Waals surface area contributed by atoms with Crippen LogP contribution in [0, 0.1) is 6.92 Å². The van der Waals surface area contributed by atoms with Gasteiger partial charge in [-0.25, -0.2) is 0 Å². The normalized spacial score (nSPS) is 11.2. The van der Waals surface area contributed by atoms with Gasteiger partial charge in [0.25, 0.3) is 0 Å². The van der Waals surface area contributed by atoms with Crippen LogP contribution in [0.4, 0.5) is 0 Å². The van der Waals surface area contributed by atoms with Crippen LogP contribution < -0.4 is 15.8 Å². The third-order valence-electron chi connectivity index (χ3n) is 2.93. The van der Waals surface area contributed by atoms with Crippen molar-refractivity contribution >= 4 is 5.91 Å².